The highest BCUT2D eigenvalue weighted by atomic mass is 32.1. The van der Waals surface area contributed by atoms with Crippen LogP contribution >= 0.6 is 11.3 Å². The van der Waals surface area contributed by atoms with E-state index in [0.29, 0.717) is 12.8 Å². The quantitative estimate of drug-likeness (QED) is 0.858. The Morgan fingerprint density at radius 3 is 2.94 bits per heavy atom. The van der Waals surface area contributed by atoms with Crippen molar-refractivity contribution >= 4 is 28.2 Å². The lowest BCUT2D eigenvalue weighted by Crippen LogP contribution is -2.49. The number of carboxylic acid groups (broad SMARTS) is 1. The molecule has 1 aromatic rings. The number of carbonyl (C=O) groups excluding carboxylic acids is 1. The summed E-state index contributed by atoms with van der Waals surface area (Å²) in [5.74, 6) is -1.26. The van der Waals surface area contributed by atoms with Crippen LogP contribution in [0.3, 0.4) is 0 Å². The Morgan fingerprint density at radius 1 is 1.62 bits per heavy atom. The average molecular weight is 239 g/mol. The molecule has 2 rings (SSSR count). The summed E-state index contributed by atoms with van der Waals surface area (Å²) in [4.78, 5) is 24.5. The molecule has 2 heterocycles. The standard InChI is InChI=1S/C11H13NO3S/c1-7-8(11(14)15)4-5-9(13)12(7)10-3-2-6-16-10/h2-3,6-8H,4-5H2,1H3,(H,14,15)/t7-,8+/m1/s1. The molecule has 1 saturated heterocycles. The molecule has 4 nitrogen and oxygen atoms in total. The maximum atomic E-state index is 11.8. The molecular weight excluding hydrogens is 226 g/mol. The molecule has 0 saturated carbocycles. The fraction of sp³-hybridized carbons (Fsp3) is 0.455. The van der Waals surface area contributed by atoms with E-state index in [1.807, 2.05) is 17.5 Å². The van der Waals surface area contributed by atoms with Crippen LogP contribution in [0.4, 0.5) is 5.00 Å². The zero-order valence-corrected chi connectivity index (χ0v) is 9.74. The van der Waals surface area contributed by atoms with Gasteiger partial charge in [-0.15, -0.1) is 11.3 Å². The van der Waals surface area contributed by atoms with E-state index in [4.69, 9.17) is 5.11 Å². The highest BCUT2D eigenvalue weighted by molar-refractivity contribution is 7.14. The van der Waals surface area contributed by atoms with Crippen LogP contribution in [0.1, 0.15) is 19.8 Å². The highest BCUT2D eigenvalue weighted by Crippen LogP contribution is 2.32. The van der Waals surface area contributed by atoms with Crippen LogP contribution in [0.25, 0.3) is 0 Å². The van der Waals surface area contributed by atoms with Crippen molar-refractivity contribution < 1.29 is 14.7 Å². The summed E-state index contributed by atoms with van der Waals surface area (Å²) in [5.41, 5.74) is 0. The third-order valence-electron chi connectivity index (χ3n) is 2.99. The normalized spacial score (nSPS) is 25.8. The zero-order chi connectivity index (χ0) is 11.7. The van der Waals surface area contributed by atoms with Gasteiger partial charge in [-0.05, 0) is 30.9 Å². The second-order valence-corrected chi connectivity index (χ2v) is 4.87. The van der Waals surface area contributed by atoms with Crippen LogP contribution in [0.5, 0.6) is 0 Å². The third kappa shape index (κ3) is 1.82. The molecule has 1 fully saturated rings. The SMILES string of the molecule is C[C@@H]1[C@@H](C(=O)O)CCC(=O)N1c1cccs1. The van der Waals surface area contributed by atoms with E-state index in [0.717, 1.165) is 5.00 Å². The molecule has 2 atom stereocenters. The van der Waals surface area contributed by atoms with Gasteiger partial charge in [-0.3, -0.25) is 9.59 Å². The van der Waals surface area contributed by atoms with Crippen LogP contribution in [0, 0.1) is 5.92 Å². The number of thiophene rings is 1. The number of amides is 1. The van der Waals surface area contributed by atoms with Crippen molar-refractivity contribution in [2.45, 2.75) is 25.8 Å². The predicted octanol–water partition coefficient (Wildman–Crippen LogP) is 1.96. The van der Waals surface area contributed by atoms with Crippen molar-refractivity contribution in [3.63, 3.8) is 0 Å². The summed E-state index contributed by atoms with van der Waals surface area (Å²) in [7, 11) is 0. The summed E-state index contributed by atoms with van der Waals surface area (Å²) in [6, 6.07) is 3.45. The number of carboxylic acids is 1. The monoisotopic (exact) mass is 239 g/mol. The predicted molar refractivity (Wildman–Crippen MR) is 61.6 cm³/mol. The molecule has 1 aliphatic rings. The number of aliphatic carboxylic acids is 1. The maximum Gasteiger partial charge on any atom is 0.308 e. The number of anilines is 1. The largest absolute Gasteiger partial charge is 0.481 e. The smallest absolute Gasteiger partial charge is 0.308 e. The molecule has 1 aliphatic heterocycles. The van der Waals surface area contributed by atoms with Gasteiger partial charge >= 0.3 is 5.97 Å². The van der Waals surface area contributed by atoms with E-state index in [1.165, 1.54) is 11.3 Å². The number of hydrogen-bond donors (Lipinski definition) is 1. The second-order valence-electron chi connectivity index (χ2n) is 3.94. The summed E-state index contributed by atoms with van der Waals surface area (Å²) in [5, 5.41) is 11.8. The molecule has 0 radical (unpaired) electrons. The summed E-state index contributed by atoms with van der Waals surface area (Å²) < 4.78 is 0. The van der Waals surface area contributed by atoms with E-state index >= 15 is 0 Å². The van der Waals surface area contributed by atoms with Crippen LogP contribution in [0.15, 0.2) is 17.5 Å². The fourth-order valence-corrected chi connectivity index (χ4v) is 2.94. The summed E-state index contributed by atoms with van der Waals surface area (Å²) in [6.45, 7) is 1.80. The van der Waals surface area contributed by atoms with E-state index < -0.39 is 11.9 Å². The van der Waals surface area contributed by atoms with Crippen LogP contribution < -0.4 is 4.90 Å². The van der Waals surface area contributed by atoms with Crippen molar-refractivity contribution in [2.75, 3.05) is 4.90 Å². The Kier molecular flexibility index (Phi) is 2.96. The average Bonchev–Trinajstić information content (AvgIpc) is 2.70. The fourth-order valence-electron chi connectivity index (χ4n) is 2.11. The van der Waals surface area contributed by atoms with Gasteiger partial charge < -0.3 is 10.0 Å². The van der Waals surface area contributed by atoms with Crippen molar-refractivity contribution in [3.8, 4) is 0 Å². The Bertz CT molecular complexity index is 401. The van der Waals surface area contributed by atoms with Crippen molar-refractivity contribution in [1.29, 1.82) is 0 Å². The van der Waals surface area contributed by atoms with E-state index in [1.54, 1.807) is 11.8 Å². The van der Waals surface area contributed by atoms with Crippen LogP contribution in [-0.4, -0.2) is 23.0 Å². The molecule has 0 aliphatic carbocycles. The van der Waals surface area contributed by atoms with Gasteiger partial charge in [-0.2, -0.15) is 0 Å². The summed E-state index contributed by atoms with van der Waals surface area (Å²) in [6.07, 6.45) is 0.760. The molecule has 0 spiro atoms. The molecule has 5 heteroatoms. The first-order chi connectivity index (χ1) is 7.61. The maximum absolute atomic E-state index is 11.8. The number of carbonyl (C=O) groups is 2. The first kappa shape index (κ1) is 11.1. The van der Waals surface area contributed by atoms with E-state index in [9.17, 15) is 9.59 Å². The molecule has 86 valence electrons. The minimum Gasteiger partial charge on any atom is -0.481 e. The van der Waals surface area contributed by atoms with Gasteiger partial charge in [0, 0.05) is 12.5 Å². The van der Waals surface area contributed by atoms with Gasteiger partial charge in [0.05, 0.1) is 10.9 Å². The zero-order valence-electron chi connectivity index (χ0n) is 8.92. The lowest BCUT2D eigenvalue weighted by atomic mass is 9.90. The molecule has 1 amide bonds. The highest BCUT2D eigenvalue weighted by Gasteiger charge is 2.37. The number of hydrogen-bond acceptors (Lipinski definition) is 3. The third-order valence-corrected chi connectivity index (χ3v) is 3.86. The van der Waals surface area contributed by atoms with Crippen LogP contribution in [-0.2, 0) is 9.59 Å². The first-order valence-corrected chi connectivity index (χ1v) is 6.07. The van der Waals surface area contributed by atoms with Crippen molar-refractivity contribution in [1.82, 2.24) is 0 Å². The Labute approximate surface area is 97.5 Å². The molecular formula is C11H13NO3S. The van der Waals surface area contributed by atoms with Gasteiger partial charge in [0.25, 0.3) is 0 Å². The molecule has 0 bridgehead atoms. The molecule has 1 aromatic heterocycles. The number of piperidine rings is 1. The molecule has 0 aromatic carbocycles. The number of nitrogens with zero attached hydrogens (tertiary/aromatic N) is 1. The lowest BCUT2D eigenvalue weighted by Gasteiger charge is -2.36. The Hall–Kier alpha value is -1.36. The van der Waals surface area contributed by atoms with Gasteiger partial charge in [-0.1, -0.05) is 0 Å². The molecule has 0 unspecified atom stereocenters. The Balaban J connectivity index is 2.28. The van der Waals surface area contributed by atoms with Gasteiger partial charge in [-0.25, -0.2) is 0 Å². The number of rotatable bonds is 2. The van der Waals surface area contributed by atoms with E-state index in [2.05, 4.69) is 0 Å². The minimum absolute atomic E-state index is 0.0208. The Morgan fingerprint density at radius 2 is 2.38 bits per heavy atom. The lowest BCUT2D eigenvalue weighted by molar-refractivity contribution is -0.143. The first-order valence-electron chi connectivity index (χ1n) is 5.19. The van der Waals surface area contributed by atoms with Crippen LogP contribution in [0.2, 0.25) is 0 Å². The van der Waals surface area contributed by atoms with Gasteiger partial charge in [0.1, 0.15) is 0 Å². The van der Waals surface area contributed by atoms with Gasteiger partial charge in [0.2, 0.25) is 5.91 Å². The van der Waals surface area contributed by atoms with Crippen molar-refractivity contribution in [3.05, 3.63) is 17.5 Å². The van der Waals surface area contributed by atoms with Gasteiger partial charge in [0.15, 0.2) is 0 Å². The molecule has 1 N–H and O–H groups in total. The topological polar surface area (TPSA) is 57.6 Å². The molecule has 16 heavy (non-hydrogen) atoms. The summed E-state index contributed by atoms with van der Waals surface area (Å²) >= 11 is 1.46. The van der Waals surface area contributed by atoms with E-state index in [-0.39, 0.29) is 11.9 Å². The minimum atomic E-state index is -0.818. The second kappa shape index (κ2) is 4.25. The van der Waals surface area contributed by atoms with Crippen molar-refractivity contribution in [2.24, 2.45) is 5.92 Å².